The Kier molecular flexibility index (Phi) is 5.63. The quantitative estimate of drug-likeness (QED) is 0.707. The second kappa shape index (κ2) is 8.12. The van der Waals surface area contributed by atoms with Crippen molar-refractivity contribution in [1.82, 2.24) is 15.1 Å². The first-order chi connectivity index (χ1) is 13.4. The minimum atomic E-state index is -0.322. The first-order valence-corrected chi connectivity index (χ1v) is 8.75. The van der Waals surface area contributed by atoms with Crippen LogP contribution >= 0.6 is 0 Å². The largest absolute Gasteiger partial charge is 0.497 e. The Morgan fingerprint density at radius 3 is 2.25 bits per heavy atom. The standard InChI is InChI=1S/C21H22FN3O3/c1-13-20(14(2)25(24-13)17-7-5-16(22)6-8-17)21(26)23-12-15-9-18(27-3)11-19(10-15)28-4/h5-11H,12H2,1-4H3,(H,23,26). The van der Waals surface area contributed by atoms with Gasteiger partial charge in [-0.3, -0.25) is 4.79 Å². The third-order valence-corrected chi connectivity index (χ3v) is 4.45. The third-order valence-electron chi connectivity index (χ3n) is 4.45. The van der Waals surface area contributed by atoms with Gasteiger partial charge in [0.05, 0.1) is 36.9 Å². The summed E-state index contributed by atoms with van der Waals surface area (Å²) in [5.74, 6) is 0.752. The summed E-state index contributed by atoms with van der Waals surface area (Å²) in [6, 6.07) is 11.4. The third kappa shape index (κ3) is 3.98. The van der Waals surface area contributed by atoms with Gasteiger partial charge in [-0.05, 0) is 55.8 Å². The number of halogens is 1. The Morgan fingerprint density at radius 1 is 1.07 bits per heavy atom. The molecule has 0 aliphatic rings. The van der Waals surface area contributed by atoms with E-state index in [1.807, 2.05) is 19.1 Å². The van der Waals surface area contributed by atoms with Gasteiger partial charge in [0, 0.05) is 12.6 Å². The number of hydrogen-bond acceptors (Lipinski definition) is 4. The lowest BCUT2D eigenvalue weighted by atomic mass is 10.1. The molecule has 7 heteroatoms. The van der Waals surface area contributed by atoms with E-state index in [1.54, 1.807) is 44.0 Å². The summed E-state index contributed by atoms with van der Waals surface area (Å²) in [6.07, 6.45) is 0. The number of carbonyl (C=O) groups is 1. The van der Waals surface area contributed by atoms with Gasteiger partial charge in [0.1, 0.15) is 17.3 Å². The van der Waals surface area contributed by atoms with Crippen LogP contribution in [0, 0.1) is 19.7 Å². The van der Waals surface area contributed by atoms with E-state index < -0.39 is 0 Å². The average Bonchev–Trinajstić information content (AvgIpc) is 3.00. The molecule has 3 rings (SSSR count). The molecule has 1 amide bonds. The Morgan fingerprint density at radius 2 is 1.68 bits per heavy atom. The number of carbonyl (C=O) groups excluding carboxylic acids is 1. The maximum absolute atomic E-state index is 13.2. The molecule has 0 spiro atoms. The van der Waals surface area contributed by atoms with Crippen LogP contribution in [0.4, 0.5) is 4.39 Å². The summed E-state index contributed by atoms with van der Waals surface area (Å²) in [5, 5.41) is 7.34. The Hall–Kier alpha value is -3.35. The first kappa shape index (κ1) is 19.4. The van der Waals surface area contributed by atoms with E-state index in [2.05, 4.69) is 10.4 Å². The zero-order valence-electron chi connectivity index (χ0n) is 16.2. The number of ether oxygens (including phenoxy) is 2. The number of aryl methyl sites for hydroxylation is 1. The van der Waals surface area contributed by atoms with Gasteiger partial charge in [-0.25, -0.2) is 9.07 Å². The summed E-state index contributed by atoms with van der Waals surface area (Å²) in [6.45, 7) is 3.90. The lowest BCUT2D eigenvalue weighted by Gasteiger charge is -2.10. The molecule has 1 aromatic heterocycles. The van der Waals surface area contributed by atoms with E-state index in [0.29, 0.717) is 40.7 Å². The second-order valence-electron chi connectivity index (χ2n) is 6.34. The van der Waals surface area contributed by atoms with Gasteiger partial charge in [-0.15, -0.1) is 0 Å². The molecule has 0 saturated carbocycles. The fourth-order valence-electron chi connectivity index (χ4n) is 3.04. The normalized spacial score (nSPS) is 10.6. The van der Waals surface area contributed by atoms with E-state index >= 15 is 0 Å². The van der Waals surface area contributed by atoms with Gasteiger partial charge in [0.2, 0.25) is 0 Å². The highest BCUT2D eigenvalue weighted by Gasteiger charge is 2.19. The average molecular weight is 383 g/mol. The van der Waals surface area contributed by atoms with Crippen LogP contribution in [0.5, 0.6) is 11.5 Å². The van der Waals surface area contributed by atoms with E-state index in [0.717, 1.165) is 5.56 Å². The first-order valence-electron chi connectivity index (χ1n) is 8.75. The smallest absolute Gasteiger partial charge is 0.255 e. The molecule has 1 N–H and O–H groups in total. The molecule has 3 aromatic rings. The fourth-order valence-corrected chi connectivity index (χ4v) is 3.04. The number of benzene rings is 2. The van der Waals surface area contributed by atoms with E-state index in [4.69, 9.17) is 9.47 Å². The molecule has 0 aliphatic carbocycles. The van der Waals surface area contributed by atoms with Crippen LogP contribution in [-0.2, 0) is 6.54 Å². The summed E-state index contributed by atoms with van der Waals surface area (Å²) in [4.78, 5) is 12.8. The number of aromatic nitrogens is 2. The topological polar surface area (TPSA) is 65.4 Å². The number of methoxy groups -OCH3 is 2. The summed E-state index contributed by atoms with van der Waals surface area (Å²) >= 11 is 0. The van der Waals surface area contributed by atoms with Crippen LogP contribution in [-0.4, -0.2) is 29.9 Å². The molecular weight excluding hydrogens is 361 g/mol. The molecule has 0 bridgehead atoms. The molecule has 0 atom stereocenters. The molecular formula is C21H22FN3O3. The number of amides is 1. The summed E-state index contributed by atoms with van der Waals surface area (Å²) in [5.41, 5.74) is 3.33. The maximum Gasteiger partial charge on any atom is 0.255 e. The molecule has 146 valence electrons. The molecule has 28 heavy (non-hydrogen) atoms. The number of nitrogens with zero attached hydrogens (tertiary/aromatic N) is 2. The summed E-state index contributed by atoms with van der Waals surface area (Å²) in [7, 11) is 3.15. The van der Waals surface area contributed by atoms with Crippen molar-refractivity contribution < 1.29 is 18.7 Å². The molecule has 1 heterocycles. The minimum Gasteiger partial charge on any atom is -0.497 e. The van der Waals surface area contributed by atoms with Crippen LogP contribution in [0.1, 0.15) is 27.3 Å². The van der Waals surface area contributed by atoms with Crippen molar-refractivity contribution in [1.29, 1.82) is 0 Å². The second-order valence-corrected chi connectivity index (χ2v) is 6.34. The van der Waals surface area contributed by atoms with Crippen molar-refractivity contribution in [3.05, 3.63) is 70.8 Å². The van der Waals surface area contributed by atoms with Crippen LogP contribution in [0.3, 0.4) is 0 Å². The van der Waals surface area contributed by atoms with E-state index in [-0.39, 0.29) is 11.7 Å². The Bertz CT molecular complexity index is 975. The van der Waals surface area contributed by atoms with Crippen molar-refractivity contribution in [2.24, 2.45) is 0 Å². The van der Waals surface area contributed by atoms with Crippen molar-refractivity contribution in [3.8, 4) is 17.2 Å². The van der Waals surface area contributed by atoms with Gasteiger partial charge < -0.3 is 14.8 Å². The van der Waals surface area contributed by atoms with Gasteiger partial charge in [0.15, 0.2) is 0 Å². The molecule has 0 unspecified atom stereocenters. The number of rotatable bonds is 6. The van der Waals surface area contributed by atoms with Crippen LogP contribution in [0.2, 0.25) is 0 Å². The predicted molar refractivity (Wildman–Crippen MR) is 104 cm³/mol. The molecule has 0 aliphatic heterocycles. The predicted octanol–water partition coefficient (Wildman–Crippen LogP) is 3.58. The number of hydrogen-bond donors (Lipinski definition) is 1. The Balaban J connectivity index is 1.81. The van der Waals surface area contributed by atoms with Gasteiger partial charge in [0.25, 0.3) is 5.91 Å². The lowest BCUT2D eigenvalue weighted by Crippen LogP contribution is -2.24. The lowest BCUT2D eigenvalue weighted by molar-refractivity contribution is 0.0949. The zero-order valence-corrected chi connectivity index (χ0v) is 16.2. The highest BCUT2D eigenvalue weighted by atomic mass is 19.1. The van der Waals surface area contributed by atoms with Crippen molar-refractivity contribution in [3.63, 3.8) is 0 Å². The van der Waals surface area contributed by atoms with Gasteiger partial charge >= 0.3 is 0 Å². The van der Waals surface area contributed by atoms with E-state index in [9.17, 15) is 9.18 Å². The molecule has 0 saturated heterocycles. The fraction of sp³-hybridized carbons (Fsp3) is 0.238. The van der Waals surface area contributed by atoms with E-state index in [1.165, 1.54) is 12.1 Å². The van der Waals surface area contributed by atoms with Gasteiger partial charge in [-0.1, -0.05) is 0 Å². The van der Waals surface area contributed by atoms with Crippen molar-refractivity contribution >= 4 is 5.91 Å². The summed E-state index contributed by atoms with van der Waals surface area (Å²) < 4.78 is 25.3. The molecule has 0 fully saturated rings. The van der Waals surface area contributed by atoms with Crippen LogP contribution in [0.25, 0.3) is 5.69 Å². The highest BCUT2D eigenvalue weighted by Crippen LogP contribution is 2.23. The minimum absolute atomic E-state index is 0.231. The zero-order chi connectivity index (χ0) is 20.3. The maximum atomic E-state index is 13.2. The van der Waals surface area contributed by atoms with Crippen molar-refractivity contribution in [2.45, 2.75) is 20.4 Å². The van der Waals surface area contributed by atoms with Crippen LogP contribution < -0.4 is 14.8 Å². The number of nitrogens with one attached hydrogen (secondary N) is 1. The Labute approximate surface area is 162 Å². The molecule has 0 radical (unpaired) electrons. The molecule has 2 aromatic carbocycles. The molecule has 6 nitrogen and oxygen atoms in total. The SMILES string of the molecule is COc1cc(CNC(=O)c2c(C)nn(-c3ccc(F)cc3)c2C)cc(OC)c1. The monoisotopic (exact) mass is 383 g/mol. The van der Waals surface area contributed by atoms with Crippen molar-refractivity contribution in [2.75, 3.05) is 14.2 Å². The van der Waals surface area contributed by atoms with Gasteiger partial charge in [-0.2, -0.15) is 5.10 Å². The highest BCUT2D eigenvalue weighted by molar-refractivity contribution is 5.96. The van der Waals surface area contributed by atoms with Crippen LogP contribution in [0.15, 0.2) is 42.5 Å².